The first-order valence-electron chi connectivity index (χ1n) is 7.73. The largest absolute Gasteiger partial charge is 0.293 e. The standard InChI is InChI=1S/C17H18N4S2/c1-11-16(23-12(2)19-11)10-21-6-5-14-13(9-21)8-18-17(20-14)15-4-3-7-22-15/h3-4,7-8H,5-6,9-10H2,1-2H3. The number of thiazole rings is 1. The number of nitrogens with zero attached hydrogens (tertiary/aromatic N) is 4. The first-order chi connectivity index (χ1) is 11.2. The average molecular weight is 342 g/mol. The Hall–Kier alpha value is -1.63. The van der Waals surface area contributed by atoms with Gasteiger partial charge in [-0.15, -0.1) is 22.7 Å². The quantitative estimate of drug-likeness (QED) is 0.725. The van der Waals surface area contributed by atoms with Crippen molar-refractivity contribution in [3.63, 3.8) is 0 Å². The van der Waals surface area contributed by atoms with Gasteiger partial charge in [0.1, 0.15) is 0 Å². The fourth-order valence-electron chi connectivity index (χ4n) is 2.96. The number of aromatic nitrogens is 3. The van der Waals surface area contributed by atoms with Crippen molar-refractivity contribution in [1.82, 2.24) is 19.9 Å². The Morgan fingerprint density at radius 1 is 1.26 bits per heavy atom. The van der Waals surface area contributed by atoms with Crippen LogP contribution in [0.2, 0.25) is 0 Å². The molecule has 0 fully saturated rings. The topological polar surface area (TPSA) is 41.9 Å². The lowest BCUT2D eigenvalue weighted by atomic mass is 10.1. The summed E-state index contributed by atoms with van der Waals surface area (Å²) in [7, 11) is 0. The highest BCUT2D eigenvalue weighted by Crippen LogP contribution is 2.26. The second kappa shape index (κ2) is 6.11. The number of fused-ring (bicyclic) bond motifs is 1. The molecule has 0 radical (unpaired) electrons. The highest BCUT2D eigenvalue weighted by Gasteiger charge is 2.20. The van der Waals surface area contributed by atoms with Gasteiger partial charge >= 0.3 is 0 Å². The van der Waals surface area contributed by atoms with Gasteiger partial charge in [0.25, 0.3) is 0 Å². The molecule has 1 aliphatic rings. The van der Waals surface area contributed by atoms with Crippen LogP contribution in [0.25, 0.3) is 10.7 Å². The van der Waals surface area contributed by atoms with E-state index in [9.17, 15) is 0 Å². The second-order valence-corrected chi connectivity index (χ2v) is 8.08. The molecule has 0 amide bonds. The Bertz CT molecular complexity index is 823. The zero-order chi connectivity index (χ0) is 15.8. The number of aryl methyl sites for hydroxylation is 2. The molecule has 3 aromatic rings. The molecule has 3 aromatic heterocycles. The van der Waals surface area contributed by atoms with Crippen LogP contribution in [-0.2, 0) is 19.5 Å². The molecule has 6 heteroatoms. The molecule has 4 nitrogen and oxygen atoms in total. The van der Waals surface area contributed by atoms with Crippen LogP contribution in [-0.4, -0.2) is 26.4 Å². The van der Waals surface area contributed by atoms with Gasteiger partial charge < -0.3 is 0 Å². The Kier molecular flexibility index (Phi) is 3.97. The molecule has 4 heterocycles. The first kappa shape index (κ1) is 14.9. The molecule has 0 saturated carbocycles. The van der Waals surface area contributed by atoms with Crippen molar-refractivity contribution in [2.24, 2.45) is 0 Å². The summed E-state index contributed by atoms with van der Waals surface area (Å²) in [5, 5.41) is 3.22. The lowest BCUT2D eigenvalue weighted by Crippen LogP contribution is -2.30. The van der Waals surface area contributed by atoms with E-state index in [-0.39, 0.29) is 0 Å². The molecule has 0 unspecified atom stereocenters. The maximum Gasteiger partial charge on any atom is 0.169 e. The number of rotatable bonds is 3. The smallest absolute Gasteiger partial charge is 0.169 e. The van der Waals surface area contributed by atoms with Crippen LogP contribution in [0.3, 0.4) is 0 Å². The molecule has 0 aromatic carbocycles. The fourth-order valence-corrected chi connectivity index (χ4v) is 4.60. The van der Waals surface area contributed by atoms with Gasteiger partial charge in [0.2, 0.25) is 0 Å². The Labute approximate surface area is 143 Å². The van der Waals surface area contributed by atoms with E-state index < -0.39 is 0 Å². The number of hydrogen-bond donors (Lipinski definition) is 0. The van der Waals surface area contributed by atoms with E-state index in [1.807, 2.05) is 23.6 Å². The van der Waals surface area contributed by atoms with Crippen molar-refractivity contribution >= 4 is 22.7 Å². The third kappa shape index (κ3) is 3.06. The van der Waals surface area contributed by atoms with E-state index in [4.69, 9.17) is 4.98 Å². The molecule has 0 N–H and O–H groups in total. The molecule has 0 atom stereocenters. The fraction of sp³-hybridized carbons (Fsp3) is 0.353. The van der Waals surface area contributed by atoms with Crippen molar-refractivity contribution in [2.45, 2.75) is 33.4 Å². The third-order valence-electron chi connectivity index (χ3n) is 4.12. The average Bonchev–Trinajstić information content (AvgIpc) is 3.17. The predicted octanol–water partition coefficient (Wildman–Crippen LogP) is 3.84. The maximum absolute atomic E-state index is 4.78. The summed E-state index contributed by atoms with van der Waals surface area (Å²) in [6.45, 7) is 7.13. The van der Waals surface area contributed by atoms with Gasteiger partial charge in [-0.05, 0) is 25.3 Å². The molecule has 1 aliphatic heterocycles. The zero-order valence-corrected chi connectivity index (χ0v) is 14.9. The summed E-state index contributed by atoms with van der Waals surface area (Å²) < 4.78 is 0. The summed E-state index contributed by atoms with van der Waals surface area (Å²) in [6.07, 6.45) is 3.00. The maximum atomic E-state index is 4.78. The van der Waals surface area contributed by atoms with Gasteiger partial charge in [-0.25, -0.2) is 15.0 Å². The molecule has 0 aliphatic carbocycles. The van der Waals surface area contributed by atoms with E-state index in [2.05, 4.69) is 40.2 Å². The normalized spacial score (nSPS) is 14.9. The van der Waals surface area contributed by atoms with Crippen LogP contribution >= 0.6 is 22.7 Å². The van der Waals surface area contributed by atoms with Gasteiger partial charge in [0.15, 0.2) is 5.82 Å². The molecule has 4 rings (SSSR count). The molecule has 0 bridgehead atoms. The Morgan fingerprint density at radius 3 is 2.91 bits per heavy atom. The Balaban J connectivity index is 1.52. The van der Waals surface area contributed by atoms with Crippen molar-refractivity contribution in [3.8, 4) is 10.7 Å². The SMILES string of the molecule is Cc1nc(C)c(CN2CCc3nc(-c4cccs4)ncc3C2)s1. The van der Waals surface area contributed by atoms with E-state index in [1.165, 1.54) is 21.8 Å². The molecular formula is C17H18N4S2. The van der Waals surface area contributed by atoms with Gasteiger partial charge in [0.05, 0.1) is 21.3 Å². The monoisotopic (exact) mass is 342 g/mol. The van der Waals surface area contributed by atoms with E-state index in [1.54, 1.807) is 11.3 Å². The first-order valence-corrected chi connectivity index (χ1v) is 9.42. The van der Waals surface area contributed by atoms with E-state index in [0.29, 0.717) is 0 Å². The van der Waals surface area contributed by atoms with Crippen molar-refractivity contribution in [3.05, 3.63) is 50.5 Å². The van der Waals surface area contributed by atoms with Crippen molar-refractivity contribution in [1.29, 1.82) is 0 Å². The van der Waals surface area contributed by atoms with Crippen molar-refractivity contribution < 1.29 is 0 Å². The summed E-state index contributed by atoms with van der Waals surface area (Å²) in [4.78, 5) is 18.9. The summed E-state index contributed by atoms with van der Waals surface area (Å²) in [5.74, 6) is 0.862. The van der Waals surface area contributed by atoms with Crippen LogP contribution < -0.4 is 0 Å². The second-order valence-electron chi connectivity index (χ2n) is 5.84. The van der Waals surface area contributed by atoms with Gasteiger partial charge in [-0.1, -0.05) is 6.07 Å². The minimum absolute atomic E-state index is 0.862. The minimum Gasteiger partial charge on any atom is -0.293 e. The summed E-state index contributed by atoms with van der Waals surface area (Å²) in [6, 6.07) is 4.13. The lowest BCUT2D eigenvalue weighted by Gasteiger charge is -2.27. The Morgan fingerprint density at radius 2 is 2.17 bits per heavy atom. The van der Waals surface area contributed by atoms with Crippen LogP contribution in [0.15, 0.2) is 23.7 Å². The zero-order valence-electron chi connectivity index (χ0n) is 13.2. The number of hydrogen-bond acceptors (Lipinski definition) is 6. The highest BCUT2D eigenvalue weighted by atomic mass is 32.1. The third-order valence-corrected chi connectivity index (χ3v) is 6.04. The van der Waals surface area contributed by atoms with Crippen LogP contribution in [0.4, 0.5) is 0 Å². The van der Waals surface area contributed by atoms with Crippen LogP contribution in [0, 0.1) is 13.8 Å². The predicted molar refractivity (Wildman–Crippen MR) is 94.8 cm³/mol. The summed E-state index contributed by atoms with van der Waals surface area (Å²) >= 11 is 3.50. The lowest BCUT2D eigenvalue weighted by molar-refractivity contribution is 0.244. The van der Waals surface area contributed by atoms with E-state index >= 15 is 0 Å². The van der Waals surface area contributed by atoms with Gasteiger partial charge in [-0.2, -0.15) is 0 Å². The van der Waals surface area contributed by atoms with Gasteiger partial charge in [-0.3, -0.25) is 4.90 Å². The van der Waals surface area contributed by atoms with Crippen LogP contribution in [0.1, 0.15) is 26.8 Å². The highest BCUT2D eigenvalue weighted by molar-refractivity contribution is 7.13. The molecule has 0 spiro atoms. The number of thiophene rings is 1. The van der Waals surface area contributed by atoms with Gasteiger partial charge in [0, 0.05) is 42.7 Å². The van der Waals surface area contributed by atoms with Crippen molar-refractivity contribution in [2.75, 3.05) is 6.54 Å². The summed E-state index contributed by atoms with van der Waals surface area (Å²) in [5.41, 5.74) is 3.63. The molecule has 118 valence electrons. The van der Waals surface area contributed by atoms with Crippen LogP contribution in [0.5, 0.6) is 0 Å². The molecule has 0 saturated heterocycles. The molecular weight excluding hydrogens is 324 g/mol. The molecule has 23 heavy (non-hydrogen) atoms. The minimum atomic E-state index is 0.862. The van der Waals surface area contributed by atoms with E-state index in [0.717, 1.165) is 41.8 Å².